The molecule has 9 nitrogen and oxygen atoms in total. The van der Waals surface area contributed by atoms with Crippen LogP contribution in [0.25, 0.3) is 0 Å². The van der Waals surface area contributed by atoms with Crippen LogP contribution in [0.1, 0.15) is 30.6 Å². The molecule has 0 saturated heterocycles. The minimum Gasteiger partial charge on any atom is -0.496 e. The van der Waals surface area contributed by atoms with E-state index in [1.165, 1.54) is 27.4 Å². The number of benzene rings is 2. The number of aliphatic hydroxyl groups is 2. The van der Waals surface area contributed by atoms with E-state index in [0.29, 0.717) is 11.3 Å². The van der Waals surface area contributed by atoms with Crippen LogP contribution in [0.15, 0.2) is 42.5 Å². The first kappa shape index (κ1) is 25.5. The zero-order valence-electron chi connectivity index (χ0n) is 18.8. The Morgan fingerprint density at radius 2 is 1.78 bits per heavy atom. The largest absolute Gasteiger partial charge is 0.496 e. The number of rotatable bonds is 13. The third-order valence-electron chi connectivity index (χ3n) is 5.31. The van der Waals surface area contributed by atoms with Crippen molar-refractivity contribution < 1.29 is 34.1 Å². The van der Waals surface area contributed by atoms with Crippen molar-refractivity contribution >= 4 is 5.69 Å². The first-order valence-corrected chi connectivity index (χ1v) is 10.2. The van der Waals surface area contributed by atoms with Crippen LogP contribution in [0.5, 0.6) is 11.5 Å². The highest BCUT2D eigenvalue weighted by atomic mass is 16.6. The van der Waals surface area contributed by atoms with Crippen molar-refractivity contribution in [2.75, 3.05) is 27.9 Å². The molecule has 0 heterocycles. The van der Waals surface area contributed by atoms with E-state index in [4.69, 9.17) is 18.9 Å². The van der Waals surface area contributed by atoms with Gasteiger partial charge < -0.3 is 29.2 Å². The summed E-state index contributed by atoms with van der Waals surface area (Å²) in [5.74, 6) is 0.0646. The molecular weight excluding hydrogens is 418 g/mol. The van der Waals surface area contributed by atoms with Gasteiger partial charge in [-0.1, -0.05) is 37.3 Å². The van der Waals surface area contributed by atoms with Crippen molar-refractivity contribution in [1.82, 2.24) is 0 Å². The number of nitrogens with zero attached hydrogens (tertiary/aromatic N) is 1. The molecule has 0 spiro atoms. The van der Waals surface area contributed by atoms with Crippen molar-refractivity contribution in [3.8, 4) is 11.5 Å². The Morgan fingerprint density at radius 3 is 2.31 bits per heavy atom. The summed E-state index contributed by atoms with van der Waals surface area (Å²) in [6, 6.07) is 12.4. The Morgan fingerprint density at radius 1 is 1.09 bits per heavy atom. The van der Waals surface area contributed by atoms with Gasteiger partial charge in [0.25, 0.3) is 0 Å². The molecule has 0 aliphatic rings. The summed E-state index contributed by atoms with van der Waals surface area (Å²) in [5, 5.41) is 32.0. The molecule has 2 rings (SSSR count). The van der Waals surface area contributed by atoms with Crippen LogP contribution in [0, 0.1) is 16.0 Å². The summed E-state index contributed by atoms with van der Waals surface area (Å²) in [6.07, 6.45) is -2.20. The molecule has 0 bridgehead atoms. The van der Waals surface area contributed by atoms with E-state index in [-0.39, 0.29) is 37.0 Å². The second-order valence-electron chi connectivity index (χ2n) is 7.48. The minimum atomic E-state index is -0.983. The fourth-order valence-electron chi connectivity index (χ4n) is 3.68. The second-order valence-corrected chi connectivity index (χ2v) is 7.48. The zero-order valence-corrected chi connectivity index (χ0v) is 18.8. The number of nitro groups is 1. The lowest BCUT2D eigenvalue weighted by molar-refractivity contribution is -0.385. The Bertz CT molecular complexity index is 861. The van der Waals surface area contributed by atoms with E-state index in [1.807, 2.05) is 37.3 Å². The van der Waals surface area contributed by atoms with Gasteiger partial charge in [-0.15, -0.1) is 0 Å². The van der Waals surface area contributed by atoms with Gasteiger partial charge in [-0.3, -0.25) is 10.1 Å². The molecule has 0 aliphatic carbocycles. The number of hydrogen-bond acceptors (Lipinski definition) is 8. The molecule has 0 unspecified atom stereocenters. The van der Waals surface area contributed by atoms with Crippen LogP contribution in [0.4, 0.5) is 5.69 Å². The van der Waals surface area contributed by atoms with Crippen LogP contribution in [-0.2, 0) is 16.1 Å². The molecule has 32 heavy (non-hydrogen) atoms. The molecule has 0 aliphatic heterocycles. The Kier molecular flexibility index (Phi) is 9.86. The highest BCUT2D eigenvalue weighted by Gasteiger charge is 2.32. The summed E-state index contributed by atoms with van der Waals surface area (Å²) in [6.45, 7) is 1.74. The fraction of sp³-hybridized carbons (Fsp3) is 0.478. The highest BCUT2D eigenvalue weighted by Crippen LogP contribution is 2.42. The van der Waals surface area contributed by atoms with Gasteiger partial charge in [0.05, 0.1) is 50.6 Å². The summed E-state index contributed by atoms with van der Waals surface area (Å²) in [7, 11) is 4.25. The van der Waals surface area contributed by atoms with Gasteiger partial charge in [0.2, 0.25) is 5.75 Å². The lowest BCUT2D eigenvalue weighted by Gasteiger charge is -2.29. The summed E-state index contributed by atoms with van der Waals surface area (Å²) >= 11 is 0. The maximum Gasteiger partial charge on any atom is 0.315 e. The van der Waals surface area contributed by atoms with E-state index in [2.05, 4.69) is 0 Å². The van der Waals surface area contributed by atoms with Crippen molar-refractivity contribution in [2.45, 2.75) is 38.3 Å². The predicted octanol–water partition coefficient (Wildman–Crippen LogP) is 3.26. The van der Waals surface area contributed by atoms with Crippen LogP contribution in [0.3, 0.4) is 0 Å². The maximum atomic E-state index is 11.5. The monoisotopic (exact) mass is 449 g/mol. The van der Waals surface area contributed by atoms with Crippen molar-refractivity contribution in [2.24, 2.45) is 5.92 Å². The van der Waals surface area contributed by atoms with E-state index in [0.717, 1.165) is 5.56 Å². The van der Waals surface area contributed by atoms with E-state index in [1.54, 1.807) is 6.07 Å². The number of nitro benzene ring substituents is 1. The van der Waals surface area contributed by atoms with Crippen LogP contribution < -0.4 is 9.47 Å². The lowest BCUT2D eigenvalue weighted by atomic mass is 9.89. The van der Waals surface area contributed by atoms with Crippen molar-refractivity contribution in [1.29, 1.82) is 0 Å². The van der Waals surface area contributed by atoms with Crippen molar-refractivity contribution in [3.05, 3.63) is 63.7 Å². The first-order chi connectivity index (χ1) is 15.4. The summed E-state index contributed by atoms with van der Waals surface area (Å²) < 4.78 is 21.9. The van der Waals surface area contributed by atoms with Gasteiger partial charge >= 0.3 is 5.69 Å². The molecule has 0 amide bonds. The van der Waals surface area contributed by atoms with Crippen LogP contribution in [0.2, 0.25) is 0 Å². The molecule has 4 atom stereocenters. The number of ether oxygens (including phenoxy) is 4. The minimum absolute atomic E-state index is 0.0722. The van der Waals surface area contributed by atoms with Gasteiger partial charge in [0, 0.05) is 12.7 Å². The molecule has 0 radical (unpaired) electrons. The lowest BCUT2D eigenvalue weighted by Crippen LogP contribution is -2.34. The molecule has 9 heteroatoms. The summed E-state index contributed by atoms with van der Waals surface area (Å²) in [4.78, 5) is 11.0. The topological polar surface area (TPSA) is 121 Å². The van der Waals surface area contributed by atoms with Crippen molar-refractivity contribution in [3.63, 3.8) is 0 Å². The number of aliphatic hydroxyl groups excluding tert-OH is 2. The standard InChI is InChI=1S/C23H31NO8/c1-15(10-20(26)21(13-25)32-14-16-8-6-5-7-9-16)22(30-3)18-11-17(29-2)12-19(24(27)28)23(18)31-4/h5-9,11-12,15,20-22,25-26H,10,13-14H2,1-4H3/t15-,20+,21-,22+/m0/s1. The van der Waals surface area contributed by atoms with Crippen LogP contribution in [-0.4, -0.2) is 55.3 Å². The molecule has 2 N–H and O–H groups in total. The molecule has 2 aromatic carbocycles. The average Bonchev–Trinajstić information content (AvgIpc) is 2.79. The number of hydrogen-bond donors (Lipinski definition) is 2. The third-order valence-corrected chi connectivity index (χ3v) is 5.31. The average molecular weight is 450 g/mol. The molecular formula is C23H31NO8. The van der Waals surface area contributed by atoms with E-state index in [9.17, 15) is 20.3 Å². The SMILES string of the molecule is COc1cc([C@H](OC)[C@@H](C)C[C@@H](O)[C@H](CO)OCc2ccccc2)c(OC)c([N+](=O)[O-])c1. The highest BCUT2D eigenvalue weighted by molar-refractivity contribution is 5.57. The van der Waals surface area contributed by atoms with Gasteiger partial charge in [0.15, 0.2) is 0 Å². The van der Waals surface area contributed by atoms with Crippen LogP contribution >= 0.6 is 0 Å². The van der Waals surface area contributed by atoms with E-state index >= 15 is 0 Å². The Labute approximate surface area is 187 Å². The normalized spacial score (nSPS) is 14.9. The first-order valence-electron chi connectivity index (χ1n) is 10.2. The Balaban J connectivity index is 2.20. The molecule has 0 saturated carbocycles. The predicted molar refractivity (Wildman–Crippen MR) is 118 cm³/mol. The molecule has 176 valence electrons. The zero-order chi connectivity index (χ0) is 23.7. The molecule has 0 fully saturated rings. The molecule has 0 aromatic heterocycles. The fourth-order valence-corrected chi connectivity index (χ4v) is 3.68. The second kappa shape index (κ2) is 12.4. The summed E-state index contributed by atoms with van der Waals surface area (Å²) in [5.41, 5.74) is 1.12. The quantitative estimate of drug-likeness (QED) is 0.353. The molecule has 2 aromatic rings. The third kappa shape index (κ3) is 6.39. The maximum absolute atomic E-state index is 11.5. The smallest absolute Gasteiger partial charge is 0.315 e. The van der Waals surface area contributed by atoms with E-state index < -0.39 is 23.2 Å². The van der Waals surface area contributed by atoms with Gasteiger partial charge in [-0.2, -0.15) is 0 Å². The number of methoxy groups -OCH3 is 3. The van der Waals surface area contributed by atoms with Gasteiger partial charge in [-0.05, 0) is 24.0 Å². The van der Waals surface area contributed by atoms with Gasteiger partial charge in [0.1, 0.15) is 11.9 Å². The Hall–Kier alpha value is -2.72. The van der Waals surface area contributed by atoms with Gasteiger partial charge in [-0.25, -0.2) is 0 Å².